The van der Waals surface area contributed by atoms with Crippen LogP contribution in [0.5, 0.6) is 0 Å². The van der Waals surface area contributed by atoms with Gasteiger partial charge in [0.05, 0.1) is 10.8 Å². The lowest BCUT2D eigenvalue weighted by atomic mass is 9.92. The van der Waals surface area contributed by atoms with Crippen molar-refractivity contribution >= 4 is 16.6 Å². The number of carbonyl (C=O) groups excluding carboxylic acids is 1. The zero-order chi connectivity index (χ0) is 12.7. The second-order valence-corrected chi connectivity index (χ2v) is 6.84. The SMILES string of the molecule is CC(C)c1ccc2c(c1)C(=O)C(C)C(C)S2=O. The number of ketones is 1. The minimum Gasteiger partial charge on any atom is -0.294 e. The topological polar surface area (TPSA) is 34.1 Å². The number of carbonyl (C=O) groups is 1. The molecule has 3 atom stereocenters. The van der Waals surface area contributed by atoms with Gasteiger partial charge in [-0.1, -0.05) is 26.8 Å². The summed E-state index contributed by atoms with van der Waals surface area (Å²) in [4.78, 5) is 12.9. The fraction of sp³-hybridized carbons (Fsp3) is 0.500. The van der Waals surface area contributed by atoms with Crippen molar-refractivity contribution in [1.82, 2.24) is 0 Å². The minimum atomic E-state index is -1.05. The summed E-state index contributed by atoms with van der Waals surface area (Å²) in [5.41, 5.74) is 1.80. The van der Waals surface area contributed by atoms with E-state index in [0.717, 1.165) is 5.56 Å². The van der Waals surface area contributed by atoms with Crippen LogP contribution >= 0.6 is 0 Å². The Balaban J connectivity index is 2.58. The van der Waals surface area contributed by atoms with Crippen molar-refractivity contribution in [1.29, 1.82) is 0 Å². The summed E-state index contributed by atoms with van der Waals surface area (Å²) in [6.45, 7) is 7.95. The third kappa shape index (κ3) is 1.97. The molecule has 0 amide bonds. The van der Waals surface area contributed by atoms with Crippen molar-refractivity contribution in [3.05, 3.63) is 29.3 Å². The zero-order valence-corrected chi connectivity index (χ0v) is 11.5. The molecule has 1 aromatic carbocycles. The molecule has 0 spiro atoms. The molecule has 3 unspecified atom stereocenters. The molecule has 0 saturated heterocycles. The van der Waals surface area contributed by atoms with Crippen LogP contribution in [0.3, 0.4) is 0 Å². The molecule has 1 aliphatic rings. The van der Waals surface area contributed by atoms with Crippen molar-refractivity contribution in [3.63, 3.8) is 0 Å². The summed E-state index contributed by atoms with van der Waals surface area (Å²) in [5, 5.41) is -0.0834. The van der Waals surface area contributed by atoms with Gasteiger partial charge in [-0.15, -0.1) is 0 Å². The Hall–Kier alpha value is -0.960. The quantitative estimate of drug-likeness (QED) is 0.767. The molecule has 0 aromatic heterocycles. The van der Waals surface area contributed by atoms with Crippen molar-refractivity contribution in [3.8, 4) is 0 Å². The fourth-order valence-corrected chi connectivity index (χ4v) is 3.59. The van der Waals surface area contributed by atoms with Crippen LogP contribution in [0.4, 0.5) is 0 Å². The normalized spacial score (nSPS) is 28.3. The third-order valence-electron chi connectivity index (χ3n) is 3.61. The van der Waals surface area contributed by atoms with Crippen LogP contribution < -0.4 is 0 Å². The van der Waals surface area contributed by atoms with Crippen molar-refractivity contribution in [2.75, 3.05) is 0 Å². The molecule has 0 radical (unpaired) electrons. The Labute approximate surface area is 105 Å². The van der Waals surface area contributed by atoms with Gasteiger partial charge in [-0.3, -0.25) is 9.00 Å². The monoisotopic (exact) mass is 250 g/mol. The van der Waals surface area contributed by atoms with Crippen molar-refractivity contribution < 1.29 is 9.00 Å². The van der Waals surface area contributed by atoms with Crippen LogP contribution in [0.15, 0.2) is 23.1 Å². The van der Waals surface area contributed by atoms with Gasteiger partial charge in [-0.05, 0) is 30.5 Å². The fourth-order valence-electron chi connectivity index (χ4n) is 2.12. The van der Waals surface area contributed by atoms with Gasteiger partial charge in [0, 0.05) is 21.6 Å². The lowest BCUT2D eigenvalue weighted by Gasteiger charge is -2.26. The standard InChI is InChI=1S/C14H18O2S/c1-8(2)11-5-6-13-12(7-11)14(15)9(3)10(4)17(13)16/h5-10H,1-4H3. The number of hydrogen-bond acceptors (Lipinski definition) is 2. The summed E-state index contributed by atoms with van der Waals surface area (Å²) >= 11 is 0. The van der Waals surface area contributed by atoms with Gasteiger partial charge in [0.15, 0.2) is 5.78 Å². The predicted molar refractivity (Wildman–Crippen MR) is 69.9 cm³/mol. The first kappa shape index (κ1) is 12.5. The Morgan fingerprint density at radius 3 is 2.47 bits per heavy atom. The molecule has 2 nitrogen and oxygen atoms in total. The molecular weight excluding hydrogens is 232 g/mol. The first-order valence-corrected chi connectivity index (χ1v) is 7.23. The first-order valence-electron chi connectivity index (χ1n) is 6.02. The Morgan fingerprint density at radius 2 is 1.88 bits per heavy atom. The van der Waals surface area contributed by atoms with E-state index >= 15 is 0 Å². The maximum atomic E-state index is 12.2. The Morgan fingerprint density at radius 1 is 1.24 bits per heavy atom. The summed E-state index contributed by atoms with van der Waals surface area (Å²) in [6.07, 6.45) is 0. The minimum absolute atomic E-state index is 0.0834. The van der Waals surface area contributed by atoms with E-state index in [0.29, 0.717) is 16.4 Å². The maximum absolute atomic E-state index is 12.2. The molecule has 17 heavy (non-hydrogen) atoms. The highest BCUT2D eigenvalue weighted by atomic mass is 32.2. The van der Waals surface area contributed by atoms with Crippen LogP contribution in [0.1, 0.15) is 49.5 Å². The molecule has 0 aliphatic carbocycles. The zero-order valence-electron chi connectivity index (χ0n) is 10.7. The molecule has 0 N–H and O–H groups in total. The van der Waals surface area contributed by atoms with Gasteiger partial charge in [-0.2, -0.15) is 0 Å². The van der Waals surface area contributed by atoms with E-state index in [4.69, 9.17) is 0 Å². The molecule has 2 rings (SSSR count). The number of rotatable bonds is 1. The molecule has 0 bridgehead atoms. The first-order chi connectivity index (χ1) is 7.93. The van der Waals surface area contributed by atoms with Crippen LogP contribution in [0.2, 0.25) is 0 Å². The average molecular weight is 250 g/mol. The maximum Gasteiger partial charge on any atom is 0.168 e. The van der Waals surface area contributed by atoms with E-state index in [1.54, 1.807) is 0 Å². The molecule has 3 heteroatoms. The van der Waals surface area contributed by atoms with Gasteiger partial charge in [0.25, 0.3) is 0 Å². The molecule has 0 saturated carbocycles. The average Bonchev–Trinajstić information content (AvgIpc) is 2.32. The molecular formula is C14H18O2S. The highest BCUT2D eigenvalue weighted by molar-refractivity contribution is 7.86. The van der Waals surface area contributed by atoms with Crippen molar-refractivity contribution in [2.24, 2.45) is 5.92 Å². The number of Topliss-reactive ketones (excluding diaryl/α,β-unsaturated/α-hetero) is 1. The van der Waals surface area contributed by atoms with E-state index in [9.17, 15) is 9.00 Å². The summed E-state index contributed by atoms with van der Waals surface area (Å²) < 4.78 is 12.2. The van der Waals surface area contributed by atoms with Gasteiger partial charge in [-0.25, -0.2) is 0 Å². The molecule has 92 valence electrons. The van der Waals surface area contributed by atoms with Gasteiger partial charge < -0.3 is 0 Å². The molecule has 1 aromatic rings. The predicted octanol–water partition coefficient (Wildman–Crippen LogP) is 3.14. The molecule has 0 fully saturated rings. The lowest BCUT2D eigenvalue weighted by Crippen LogP contribution is -2.33. The van der Waals surface area contributed by atoms with E-state index in [1.807, 2.05) is 32.0 Å². The number of hydrogen-bond donors (Lipinski definition) is 0. The van der Waals surface area contributed by atoms with Crippen molar-refractivity contribution in [2.45, 2.75) is 43.8 Å². The third-order valence-corrected chi connectivity index (χ3v) is 5.48. The van der Waals surface area contributed by atoms with Gasteiger partial charge in [0.2, 0.25) is 0 Å². The summed E-state index contributed by atoms with van der Waals surface area (Å²) in [7, 11) is -1.05. The Kier molecular flexibility index (Phi) is 3.21. The molecule has 1 heterocycles. The smallest absolute Gasteiger partial charge is 0.168 e. The van der Waals surface area contributed by atoms with Crippen LogP contribution in [-0.4, -0.2) is 15.2 Å². The second-order valence-electron chi connectivity index (χ2n) is 5.07. The summed E-state index contributed by atoms with van der Waals surface area (Å²) in [6, 6.07) is 5.76. The van der Waals surface area contributed by atoms with Gasteiger partial charge >= 0.3 is 0 Å². The summed E-state index contributed by atoms with van der Waals surface area (Å²) in [5.74, 6) is 0.372. The largest absolute Gasteiger partial charge is 0.294 e. The second kappa shape index (κ2) is 4.37. The number of benzene rings is 1. The van der Waals surface area contributed by atoms with Crippen LogP contribution in [0, 0.1) is 5.92 Å². The highest BCUT2D eigenvalue weighted by Crippen LogP contribution is 2.32. The van der Waals surface area contributed by atoms with E-state index in [1.165, 1.54) is 0 Å². The highest BCUT2D eigenvalue weighted by Gasteiger charge is 2.35. The molecule has 1 aliphatic heterocycles. The Bertz CT molecular complexity index is 491. The lowest BCUT2D eigenvalue weighted by molar-refractivity contribution is 0.0922. The number of fused-ring (bicyclic) bond motifs is 1. The van der Waals surface area contributed by atoms with E-state index in [2.05, 4.69) is 13.8 Å². The van der Waals surface area contributed by atoms with E-state index in [-0.39, 0.29) is 17.0 Å². The van der Waals surface area contributed by atoms with Crippen LogP contribution in [-0.2, 0) is 10.8 Å². The van der Waals surface area contributed by atoms with Crippen LogP contribution in [0.25, 0.3) is 0 Å². The van der Waals surface area contributed by atoms with E-state index < -0.39 is 10.8 Å². The van der Waals surface area contributed by atoms with Gasteiger partial charge in [0.1, 0.15) is 0 Å².